The number of nitrogens with zero attached hydrogens (tertiary/aromatic N) is 2. The van der Waals surface area contributed by atoms with E-state index >= 15 is 0 Å². The third-order valence-corrected chi connectivity index (χ3v) is 3.62. The van der Waals surface area contributed by atoms with Crippen LogP contribution in [0.25, 0.3) is 0 Å². The van der Waals surface area contributed by atoms with E-state index in [0.29, 0.717) is 12.4 Å². The number of nitrogens with one attached hydrogen (secondary N) is 2. The smallest absolute Gasteiger partial charge is 0.271 e. The van der Waals surface area contributed by atoms with Gasteiger partial charge in [-0.3, -0.25) is 4.79 Å². The van der Waals surface area contributed by atoms with Crippen LogP contribution in [-0.4, -0.2) is 22.6 Å². The highest BCUT2D eigenvalue weighted by Crippen LogP contribution is 2.21. The van der Waals surface area contributed by atoms with E-state index in [1.165, 1.54) is 11.3 Å². The largest absolute Gasteiger partial charge is 0.350 e. The molecule has 1 amide bonds. The Labute approximate surface area is 119 Å². The molecule has 2 aromatic rings. The summed E-state index contributed by atoms with van der Waals surface area (Å²) in [5, 5.41) is 10.2. The van der Waals surface area contributed by atoms with Crippen LogP contribution < -0.4 is 16.6 Å². The third kappa shape index (κ3) is 3.88. The van der Waals surface area contributed by atoms with E-state index in [-0.39, 0.29) is 11.6 Å². The molecule has 0 spiro atoms. The van der Waals surface area contributed by atoms with Gasteiger partial charge in [0.1, 0.15) is 0 Å². The predicted octanol–water partition coefficient (Wildman–Crippen LogP) is 1.45. The zero-order valence-corrected chi connectivity index (χ0v) is 11.5. The summed E-state index contributed by atoms with van der Waals surface area (Å²) in [6.45, 7) is 0.522. The monoisotopic (exact) mass is 297 g/mol. The normalized spacial score (nSPS) is 10.2. The van der Waals surface area contributed by atoms with Crippen LogP contribution >= 0.6 is 22.9 Å². The second-order valence-electron chi connectivity index (χ2n) is 3.66. The number of halogens is 1. The summed E-state index contributed by atoms with van der Waals surface area (Å²) in [5.41, 5.74) is 2.60. The van der Waals surface area contributed by atoms with Crippen LogP contribution in [0.15, 0.2) is 24.3 Å². The number of hydrogen-bond acceptors (Lipinski definition) is 6. The van der Waals surface area contributed by atoms with Gasteiger partial charge in [-0.25, -0.2) is 5.84 Å². The summed E-state index contributed by atoms with van der Waals surface area (Å²) in [6.07, 6.45) is 0.735. The predicted molar refractivity (Wildman–Crippen MR) is 75.2 cm³/mol. The first-order valence-electron chi connectivity index (χ1n) is 5.52. The number of carbonyl (C=O) groups excluding carboxylic acids is 1. The Morgan fingerprint density at radius 2 is 2.16 bits per heavy atom. The minimum Gasteiger partial charge on any atom is -0.350 e. The molecule has 2 heterocycles. The van der Waals surface area contributed by atoms with Gasteiger partial charge in [0.2, 0.25) is 0 Å². The Morgan fingerprint density at radius 1 is 1.32 bits per heavy atom. The maximum atomic E-state index is 11.8. The van der Waals surface area contributed by atoms with Gasteiger partial charge in [-0.05, 0) is 30.7 Å². The fraction of sp³-hybridized carbons (Fsp3) is 0.182. The summed E-state index contributed by atoms with van der Waals surface area (Å²) >= 11 is 7.33. The average Bonchev–Trinajstić information content (AvgIpc) is 2.84. The molecule has 19 heavy (non-hydrogen) atoms. The van der Waals surface area contributed by atoms with E-state index in [0.717, 1.165) is 15.6 Å². The first kappa shape index (κ1) is 13.7. The molecule has 0 saturated carbocycles. The van der Waals surface area contributed by atoms with Gasteiger partial charge >= 0.3 is 0 Å². The number of nitrogen functional groups attached to an aromatic ring is 1. The Morgan fingerprint density at radius 3 is 2.74 bits per heavy atom. The highest BCUT2D eigenvalue weighted by atomic mass is 35.5. The fourth-order valence-electron chi connectivity index (χ4n) is 1.41. The van der Waals surface area contributed by atoms with Gasteiger partial charge in [0.05, 0.1) is 4.34 Å². The molecule has 0 bridgehead atoms. The SMILES string of the molecule is NNc1ccc(C(=O)NCCc2ccc(Cl)s2)nn1. The minimum absolute atomic E-state index is 0.253. The first-order valence-corrected chi connectivity index (χ1v) is 6.71. The number of thiophene rings is 1. The van der Waals surface area contributed by atoms with Crippen molar-refractivity contribution in [2.75, 3.05) is 12.0 Å². The highest BCUT2D eigenvalue weighted by Gasteiger charge is 2.07. The Kier molecular flexibility index (Phi) is 4.67. The van der Waals surface area contributed by atoms with Crippen LogP contribution in [0.2, 0.25) is 4.34 Å². The Hall–Kier alpha value is -1.70. The summed E-state index contributed by atoms with van der Waals surface area (Å²) in [6, 6.07) is 6.93. The number of anilines is 1. The number of aromatic nitrogens is 2. The number of hydrogen-bond donors (Lipinski definition) is 3. The molecule has 8 heteroatoms. The molecule has 0 saturated heterocycles. The second kappa shape index (κ2) is 6.46. The molecule has 100 valence electrons. The van der Waals surface area contributed by atoms with Crippen molar-refractivity contribution in [1.29, 1.82) is 0 Å². The van der Waals surface area contributed by atoms with Crippen molar-refractivity contribution < 1.29 is 4.79 Å². The molecule has 0 aliphatic heterocycles. The molecule has 0 unspecified atom stereocenters. The number of hydrazine groups is 1. The standard InChI is InChI=1S/C11H12ClN5OS/c12-9-3-1-7(19-9)5-6-14-11(18)8-2-4-10(15-13)17-16-8/h1-4H,5-6,13H2,(H,14,18)(H,15,17). The molecule has 0 aromatic carbocycles. The lowest BCUT2D eigenvalue weighted by Crippen LogP contribution is -2.26. The molecule has 0 aliphatic rings. The van der Waals surface area contributed by atoms with E-state index in [1.54, 1.807) is 12.1 Å². The number of amides is 1. The molecule has 0 atom stereocenters. The van der Waals surface area contributed by atoms with E-state index < -0.39 is 0 Å². The molecule has 2 aromatic heterocycles. The zero-order valence-electron chi connectivity index (χ0n) is 9.89. The number of nitrogens with two attached hydrogens (primary N) is 1. The highest BCUT2D eigenvalue weighted by molar-refractivity contribution is 7.16. The summed E-state index contributed by atoms with van der Waals surface area (Å²) in [5.74, 6) is 5.30. The molecule has 0 radical (unpaired) electrons. The van der Waals surface area contributed by atoms with Gasteiger partial charge in [-0.15, -0.1) is 21.5 Å². The summed E-state index contributed by atoms with van der Waals surface area (Å²) in [7, 11) is 0. The van der Waals surface area contributed by atoms with Crippen LogP contribution in [0, 0.1) is 0 Å². The second-order valence-corrected chi connectivity index (χ2v) is 5.46. The molecule has 6 nitrogen and oxygen atoms in total. The van der Waals surface area contributed by atoms with Crippen LogP contribution in [0.4, 0.5) is 5.82 Å². The fourth-order valence-corrected chi connectivity index (χ4v) is 2.49. The van der Waals surface area contributed by atoms with Crippen molar-refractivity contribution in [2.24, 2.45) is 5.84 Å². The van der Waals surface area contributed by atoms with Gasteiger partial charge in [-0.1, -0.05) is 11.6 Å². The van der Waals surface area contributed by atoms with Crippen LogP contribution in [0.3, 0.4) is 0 Å². The van der Waals surface area contributed by atoms with Crippen molar-refractivity contribution in [3.8, 4) is 0 Å². The van der Waals surface area contributed by atoms with Gasteiger partial charge in [-0.2, -0.15) is 0 Å². The van der Waals surface area contributed by atoms with Crippen LogP contribution in [0.5, 0.6) is 0 Å². The van der Waals surface area contributed by atoms with Crippen molar-refractivity contribution in [2.45, 2.75) is 6.42 Å². The minimum atomic E-state index is -0.265. The van der Waals surface area contributed by atoms with Crippen molar-refractivity contribution in [1.82, 2.24) is 15.5 Å². The summed E-state index contributed by atoms with van der Waals surface area (Å²) in [4.78, 5) is 12.9. The van der Waals surface area contributed by atoms with Gasteiger partial charge in [0, 0.05) is 11.4 Å². The van der Waals surface area contributed by atoms with E-state index in [9.17, 15) is 4.79 Å². The number of carbonyl (C=O) groups is 1. The Bertz CT molecular complexity index is 556. The maximum Gasteiger partial charge on any atom is 0.271 e. The van der Waals surface area contributed by atoms with Gasteiger partial charge in [0.15, 0.2) is 11.5 Å². The molecular weight excluding hydrogens is 286 g/mol. The van der Waals surface area contributed by atoms with Crippen molar-refractivity contribution in [3.63, 3.8) is 0 Å². The summed E-state index contributed by atoms with van der Waals surface area (Å²) < 4.78 is 0.747. The average molecular weight is 298 g/mol. The number of rotatable bonds is 5. The lowest BCUT2D eigenvalue weighted by atomic mass is 10.3. The van der Waals surface area contributed by atoms with Crippen LogP contribution in [-0.2, 0) is 6.42 Å². The molecule has 2 rings (SSSR count). The van der Waals surface area contributed by atoms with Crippen LogP contribution in [0.1, 0.15) is 15.4 Å². The lowest BCUT2D eigenvalue weighted by Gasteiger charge is -2.03. The van der Waals surface area contributed by atoms with E-state index in [1.807, 2.05) is 12.1 Å². The van der Waals surface area contributed by atoms with Gasteiger partial charge in [0.25, 0.3) is 5.91 Å². The maximum absolute atomic E-state index is 11.8. The van der Waals surface area contributed by atoms with E-state index in [2.05, 4.69) is 20.9 Å². The topological polar surface area (TPSA) is 92.9 Å². The van der Waals surface area contributed by atoms with E-state index in [4.69, 9.17) is 17.4 Å². The molecule has 0 aliphatic carbocycles. The van der Waals surface area contributed by atoms with Gasteiger partial charge < -0.3 is 10.7 Å². The van der Waals surface area contributed by atoms with Crippen molar-refractivity contribution >= 4 is 34.7 Å². The first-order chi connectivity index (χ1) is 9.19. The Balaban J connectivity index is 1.83. The zero-order chi connectivity index (χ0) is 13.7. The van der Waals surface area contributed by atoms with Crippen molar-refractivity contribution in [3.05, 3.63) is 39.2 Å². The molecular formula is C11H12ClN5OS. The third-order valence-electron chi connectivity index (χ3n) is 2.33. The molecule has 0 fully saturated rings. The molecule has 4 N–H and O–H groups in total. The quantitative estimate of drug-likeness (QED) is 0.574. The lowest BCUT2D eigenvalue weighted by molar-refractivity contribution is 0.0948.